The first-order valence-corrected chi connectivity index (χ1v) is 4.31. The van der Waals surface area contributed by atoms with Crippen molar-refractivity contribution in [2.45, 2.75) is 0 Å². The van der Waals surface area contributed by atoms with Gasteiger partial charge >= 0.3 is 58.4 Å². The van der Waals surface area contributed by atoms with Crippen LogP contribution >= 0.6 is 0 Å². The Bertz CT molecular complexity index is 192. The molecule has 0 bridgehead atoms. The fourth-order valence-corrected chi connectivity index (χ4v) is 1.26. The molecule has 0 aromatic rings. The number of nitrogens with zero attached hydrogens (tertiary/aromatic N) is 1. The minimum Gasteiger partial charge on any atom is -0.445 e. The van der Waals surface area contributed by atoms with E-state index in [-0.39, 0.29) is 57.9 Å². The van der Waals surface area contributed by atoms with E-state index in [4.69, 9.17) is 0 Å². The van der Waals surface area contributed by atoms with Gasteiger partial charge in [0.15, 0.2) is 0 Å². The van der Waals surface area contributed by atoms with E-state index >= 15 is 0 Å². The SMILES string of the molecule is C=C(CN1CCNCC1)[B-](F)(F)F.[K+]. The van der Waals surface area contributed by atoms with Crippen LogP contribution in [0.4, 0.5) is 12.9 Å². The Balaban J connectivity index is 0.00000169. The molecule has 0 amide bonds. The molecular formula is C7H13BF3KN2. The van der Waals surface area contributed by atoms with Crippen LogP contribution in [0.3, 0.4) is 0 Å². The molecule has 0 aromatic carbocycles. The second-order valence-electron chi connectivity index (χ2n) is 3.26. The van der Waals surface area contributed by atoms with Crippen molar-refractivity contribution in [3.8, 4) is 0 Å². The third-order valence-corrected chi connectivity index (χ3v) is 2.10. The molecule has 0 spiro atoms. The molecule has 1 aliphatic heterocycles. The van der Waals surface area contributed by atoms with Gasteiger partial charge in [0.25, 0.3) is 0 Å². The van der Waals surface area contributed by atoms with Crippen molar-refractivity contribution >= 4 is 6.98 Å². The zero-order valence-electron chi connectivity index (χ0n) is 8.40. The van der Waals surface area contributed by atoms with Crippen LogP contribution in [0.5, 0.6) is 0 Å². The van der Waals surface area contributed by atoms with Gasteiger partial charge in [0, 0.05) is 26.2 Å². The molecule has 14 heavy (non-hydrogen) atoms. The first-order chi connectivity index (χ1) is 6.00. The molecule has 0 aromatic heterocycles. The minimum atomic E-state index is -4.86. The molecule has 2 nitrogen and oxygen atoms in total. The predicted octanol–water partition coefficient (Wildman–Crippen LogP) is -2.16. The summed E-state index contributed by atoms with van der Waals surface area (Å²) in [5, 5.41) is 3.08. The van der Waals surface area contributed by atoms with Crippen LogP contribution in [-0.4, -0.2) is 44.6 Å². The van der Waals surface area contributed by atoms with Crippen LogP contribution < -0.4 is 56.7 Å². The molecule has 0 atom stereocenters. The van der Waals surface area contributed by atoms with Crippen molar-refractivity contribution in [2.75, 3.05) is 32.7 Å². The summed E-state index contributed by atoms with van der Waals surface area (Å²) in [6, 6.07) is 0. The maximum absolute atomic E-state index is 12.1. The quantitative estimate of drug-likeness (QED) is 0.557. The summed E-state index contributed by atoms with van der Waals surface area (Å²) in [6.45, 7) is 1.04. The van der Waals surface area contributed by atoms with E-state index in [9.17, 15) is 12.9 Å². The van der Waals surface area contributed by atoms with Crippen molar-refractivity contribution in [1.29, 1.82) is 0 Å². The summed E-state index contributed by atoms with van der Waals surface area (Å²) in [5.74, 6) is 0. The van der Waals surface area contributed by atoms with Crippen LogP contribution in [0.25, 0.3) is 0 Å². The molecule has 1 rings (SSSR count). The Morgan fingerprint density at radius 3 is 2.21 bits per heavy atom. The van der Waals surface area contributed by atoms with Crippen LogP contribution in [0.15, 0.2) is 12.1 Å². The number of rotatable bonds is 3. The zero-order chi connectivity index (χ0) is 9.90. The fraction of sp³-hybridized carbons (Fsp3) is 0.714. The van der Waals surface area contributed by atoms with Crippen molar-refractivity contribution in [1.82, 2.24) is 10.2 Å². The van der Waals surface area contributed by atoms with Crippen LogP contribution in [0.1, 0.15) is 0 Å². The van der Waals surface area contributed by atoms with Crippen molar-refractivity contribution in [3.05, 3.63) is 12.1 Å². The average Bonchev–Trinajstić information content (AvgIpc) is 2.04. The van der Waals surface area contributed by atoms with Gasteiger partial charge in [-0.15, -0.1) is 12.1 Å². The topological polar surface area (TPSA) is 15.3 Å². The number of halogens is 3. The van der Waals surface area contributed by atoms with Crippen molar-refractivity contribution < 1.29 is 64.3 Å². The first-order valence-electron chi connectivity index (χ1n) is 4.31. The maximum Gasteiger partial charge on any atom is 1.00 e. The molecule has 1 fully saturated rings. The molecule has 0 radical (unpaired) electrons. The number of nitrogens with one attached hydrogen (secondary N) is 1. The summed E-state index contributed by atoms with van der Waals surface area (Å²) in [4.78, 5) is 1.77. The van der Waals surface area contributed by atoms with Crippen molar-refractivity contribution in [3.63, 3.8) is 0 Å². The standard InChI is InChI=1S/C7H13BF3N2.K/c1-7(8(9,10)11)6-13-4-2-12-3-5-13;/h12H,1-6H2;/q-1;+1. The van der Waals surface area contributed by atoms with Crippen LogP contribution in [-0.2, 0) is 0 Å². The third kappa shape index (κ3) is 5.29. The molecule has 1 heterocycles. The van der Waals surface area contributed by atoms with Gasteiger partial charge in [0.2, 0.25) is 0 Å². The van der Waals surface area contributed by atoms with E-state index in [2.05, 4.69) is 11.9 Å². The van der Waals surface area contributed by atoms with Gasteiger partial charge in [-0.2, -0.15) is 0 Å². The van der Waals surface area contributed by atoms with Gasteiger partial charge in [-0.3, -0.25) is 4.90 Å². The third-order valence-electron chi connectivity index (χ3n) is 2.10. The Morgan fingerprint density at radius 1 is 1.29 bits per heavy atom. The van der Waals surface area contributed by atoms with Gasteiger partial charge in [0.05, 0.1) is 0 Å². The molecule has 1 aliphatic rings. The molecule has 0 aliphatic carbocycles. The first kappa shape index (κ1) is 15.2. The smallest absolute Gasteiger partial charge is 0.445 e. The molecular weight excluding hydrogens is 219 g/mol. The average molecular weight is 232 g/mol. The van der Waals surface area contributed by atoms with Crippen LogP contribution in [0.2, 0.25) is 0 Å². The number of piperazine rings is 1. The summed E-state index contributed by atoms with van der Waals surface area (Å²) in [6.07, 6.45) is 0. The van der Waals surface area contributed by atoms with E-state index in [0.29, 0.717) is 13.1 Å². The van der Waals surface area contributed by atoms with E-state index in [1.165, 1.54) is 0 Å². The van der Waals surface area contributed by atoms with Gasteiger partial charge in [-0.05, 0) is 6.54 Å². The fourth-order valence-electron chi connectivity index (χ4n) is 1.26. The Kier molecular flexibility index (Phi) is 7.22. The molecule has 7 heteroatoms. The predicted molar refractivity (Wildman–Crippen MR) is 47.5 cm³/mol. The summed E-state index contributed by atoms with van der Waals surface area (Å²) >= 11 is 0. The summed E-state index contributed by atoms with van der Waals surface area (Å²) < 4.78 is 36.4. The molecule has 0 unspecified atom stereocenters. The van der Waals surface area contributed by atoms with E-state index in [1.54, 1.807) is 4.90 Å². The second-order valence-corrected chi connectivity index (χ2v) is 3.26. The number of hydrogen-bond donors (Lipinski definition) is 1. The van der Waals surface area contributed by atoms with E-state index < -0.39 is 12.4 Å². The van der Waals surface area contributed by atoms with Gasteiger partial charge in [-0.1, -0.05) is 0 Å². The zero-order valence-corrected chi connectivity index (χ0v) is 11.5. The van der Waals surface area contributed by atoms with E-state index in [1.807, 2.05) is 0 Å². The maximum atomic E-state index is 12.1. The van der Waals surface area contributed by atoms with Gasteiger partial charge in [0.1, 0.15) is 0 Å². The van der Waals surface area contributed by atoms with Crippen molar-refractivity contribution in [2.24, 2.45) is 0 Å². The Hall–Kier alpha value is 1.15. The summed E-state index contributed by atoms with van der Waals surface area (Å²) in [5.41, 5.74) is -0.595. The second kappa shape index (κ2) is 6.67. The van der Waals surface area contributed by atoms with Crippen LogP contribution in [0, 0.1) is 0 Å². The number of hydrogen-bond acceptors (Lipinski definition) is 2. The normalized spacial score (nSPS) is 18.8. The largest absolute Gasteiger partial charge is 1.00 e. The molecule has 0 saturated carbocycles. The minimum absolute atomic E-state index is 0. The molecule has 76 valence electrons. The molecule has 1 saturated heterocycles. The van der Waals surface area contributed by atoms with E-state index in [0.717, 1.165) is 13.1 Å². The van der Waals surface area contributed by atoms with Gasteiger partial charge in [-0.25, -0.2) is 0 Å². The summed E-state index contributed by atoms with van der Waals surface area (Å²) in [7, 11) is 0. The molecule has 1 N–H and O–H groups in total. The Labute approximate surface area is 125 Å². The Morgan fingerprint density at radius 2 is 1.79 bits per heavy atom. The monoisotopic (exact) mass is 232 g/mol. The van der Waals surface area contributed by atoms with Gasteiger partial charge < -0.3 is 18.3 Å².